The summed E-state index contributed by atoms with van der Waals surface area (Å²) in [7, 11) is -3.65. The molecule has 0 bridgehead atoms. The van der Waals surface area contributed by atoms with Crippen LogP contribution in [0.2, 0.25) is 0 Å². The highest BCUT2D eigenvalue weighted by atomic mass is 32.2. The van der Waals surface area contributed by atoms with Crippen molar-refractivity contribution in [2.24, 2.45) is 5.92 Å². The minimum absolute atomic E-state index is 0.0831. The van der Waals surface area contributed by atoms with Crippen LogP contribution in [0.15, 0.2) is 17.6 Å². The Balaban J connectivity index is 1.34. The molecule has 0 spiro atoms. The molecule has 3 aliphatic rings. The number of aryl methyl sites for hydroxylation is 1. The number of likely N-dealkylation sites (tertiary alicyclic amines) is 2. The molecule has 0 unspecified atom stereocenters. The van der Waals surface area contributed by atoms with Crippen molar-refractivity contribution >= 4 is 15.9 Å². The van der Waals surface area contributed by atoms with Crippen molar-refractivity contribution in [3.63, 3.8) is 0 Å². The molecule has 8 nitrogen and oxygen atoms in total. The molecule has 168 valence electrons. The summed E-state index contributed by atoms with van der Waals surface area (Å²) in [5.74, 6) is -0.112. The number of carbonyl (C=O) groups is 1. The molecular weight excluding hydrogens is 402 g/mol. The lowest BCUT2D eigenvalue weighted by Crippen LogP contribution is -2.51. The van der Waals surface area contributed by atoms with Gasteiger partial charge in [0.25, 0.3) is 10.0 Å². The van der Waals surface area contributed by atoms with Crippen LogP contribution in [0.4, 0.5) is 0 Å². The van der Waals surface area contributed by atoms with Crippen molar-refractivity contribution in [2.45, 2.75) is 69.5 Å². The zero-order valence-electron chi connectivity index (χ0n) is 18.1. The van der Waals surface area contributed by atoms with E-state index in [-0.39, 0.29) is 23.4 Å². The zero-order chi connectivity index (χ0) is 21.1. The number of nitrogens with zero attached hydrogens (tertiary/aromatic N) is 5. The van der Waals surface area contributed by atoms with Gasteiger partial charge in [-0.05, 0) is 58.5 Å². The number of hydrogen-bond donors (Lipinski definition) is 0. The third-order valence-electron chi connectivity index (χ3n) is 7.00. The van der Waals surface area contributed by atoms with E-state index in [0.29, 0.717) is 25.6 Å². The van der Waals surface area contributed by atoms with Gasteiger partial charge in [0.05, 0.1) is 12.2 Å². The summed E-state index contributed by atoms with van der Waals surface area (Å²) in [6, 6.07) is 0.603. The SMILES string of the molecule is CCn1cnc(S(=O)(=O)N2CCC[C@H](C(=O)N3CCC(N4CCCCC4)CC3)C2)c1. The lowest BCUT2D eigenvalue weighted by atomic mass is 9.95. The van der Waals surface area contributed by atoms with Crippen molar-refractivity contribution in [3.05, 3.63) is 12.5 Å². The predicted octanol–water partition coefficient (Wildman–Crippen LogP) is 1.78. The van der Waals surface area contributed by atoms with E-state index in [2.05, 4.69) is 9.88 Å². The number of carbonyl (C=O) groups excluding carboxylic acids is 1. The summed E-state index contributed by atoms with van der Waals surface area (Å²) in [4.78, 5) is 21.8. The Morgan fingerprint density at radius 3 is 2.43 bits per heavy atom. The number of piperidine rings is 3. The topological polar surface area (TPSA) is 78.8 Å². The van der Waals surface area contributed by atoms with Gasteiger partial charge >= 0.3 is 0 Å². The smallest absolute Gasteiger partial charge is 0.262 e. The lowest BCUT2D eigenvalue weighted by Gasteiger charge is -2.41. The Kier molecular flexibility index (Phi) is 6.79. The molecule has 3 fully saturated rings. The molecule has 4 heterocycles. The number of amides is 1. The van der Waals surface area contributed by atoms with Crippen LogP contribution in [0.1, 0.15) is 51.9 Å². The van der Waals surface area contributed by atoms with E-state index < -0.39 is 10.0 Å². The van der Waals surface area contributed by atoms with E-state index in [9.17, 15) is 13.2 Å². The van der Waals surface area contributed by atoms with Gasteiger partial charge in [-0.25, -0.2) is 13.4 Å². The summed E-state index contributed by atoms with van der Waals surface area (Å²) in [6.45, 7) is 7.34. The molecule has 3 aliphatic heterocycles. The van der Waals surface area contributed by atoms with E-state index >= 15 is 0 Å². The van der Waals surface area contributed by atoms with Crippen molar-refractivity contribution in [3.8, 4) is 0 Å². The minimum atomic E-state index is -3.65. The van der Waals surface area contributed by atoms with Crippen LogP contribution in [-0.2, 0) is 21.4 Å². The van der Waals surface area contributed by atoms with E-state index in [1.54, 1.807) is 17.1 Å². The first-order chi connectivity index (χ1) is 14.5. The second kappa shape index (κ2) is 9.36. The van der Waals surface area contributed by atoms with Gasteiger partial charge in [0.15, 0.2) is 5.03 Å². The summed E-state index contributed by atoms with van der Waals surface area (Å²) in [6.07, 6.45) is 10.6. The Bertz CT molecular complexity index is 825. The molecule has 1 aromatic rings. The summed E-state index contributed by atoms with van der Waals surface area (Å²) >= 11 is 0. The Labute approximate surface area is 180 Å². The molecule has 1 amide bonds. The Morgan fingerprint density at radius 1 is 1.03 bits per heavy atom. The fourth-order valence-electron chi connectivity index (χ4n) is 5.13. The maximum Gasteiger partial charge on any atom is 0.262 e. The maximum atomic E-state index is 13.2. The molecule has 1 aromatic heterocycles. The quantitative estimate of drug-likeness (QED) is 0.702. The third-order valence-corrected chi connectivity index (χ3v) is 8.75. The van der Waals surface area contributed by atoms with Crippen LogP contribution < -0.4 is 0 Å². The molecule has 0 aliphatic carbocycles. The highest BCUT2D eigenvalue weighted by Crippen LogP contribution is 2.27. The van der Waals surface area contributed by atoms with Gasteiger partial charge in [-0.3, -0.25) is 4.79 Å². The van der Waals surface area contributed by atoms with Crippen LogP contribution in [0.5, 0.6) is 0 Å². The third kappa shape index (κ3) is 4.57. The number of rotatable bonds is 5. The second-order valence-electron chi connectivity index (χ2n) is 8.90. The van der Waals surface area contributed by atoms with Crippen molar-refractivity contribution in [2.75, 3.05) is 39.3 Å². The van der Waals surface area contributed by atoms with Crippen molar-refractivity contribution in [1.29, 1.82) is 0 Å². The monoisotopic (exact) mass is 437 g/mol. The van der Waals surface area contributed by atoms with Gasteiger partial charge in [0, 0.05) is 45.0 Å². The highest BCUT2D eigenvalue weighted by Gasteiger charge is 2.37. The summed E-state index contributed by atoms with van der Waals surface area (Å²) in [5, 5.41) is 0.0831. The normalized spacial score (nSPS) is 25.5. The van der Waals surface area contributed by atoms with Crippen LogP contribution in [0, 0.1) is 5.92 Å². The average Bonchev–Trinajstić information content (AvgIpc) is 3.30. The fourth-order valence-corrected chi connectivity index (χ4v) is 6.59. The van der Waals surface area contributed by atoms with E-state index in [0.717, 1.165) is 32.4 Å². The molecule has 30 heavy (non-hydrogen) atoms. The molecule has 4 rings (SSSR count). The molecule has 0 radical (unpaired) electrons. The zero-order valence-corrected chi connectivity index (χ0v) is 18.9. The second-order valence-corrected chi connectivity index (χ2v) is 10.8. The fraction of sp³-hybridized carbons (Fsp3) is 0.810. The van der Waals surface area contributed by atoms with Gasteiger partial charge in [0.1, 0.15) is 0 Å². The van der Waals surface area contributed by atoms with E-state index in [1.807, 2.05) is 11.8 Å². The molecule has 0 aromatic carbocycles. The molecular formula is C21H35N5O3S. The van der Waals surface area contributed by atoms with Gasteiger partial charge in [0.2, 0.25) is 5.91 Å². The molecule has 3 saturated heterocycles. The van der Waals surface area contributed by atoms with Gasteiger partial charge in [-0.1, -0.05) is 6.42 Å². The molecule has 0 N–H and O–H groups in total. The summed E-state index contributed by atoms with van der Waals surface area (Å²) < 4.78 is 29.2. The molecule has 1 atom stereocenters. The van der Waals surface area contributed by atoms with Crippen LogP contribution in [-0.4, -0.2) is 83.3 Å². The summed E-state index contributed by atoms with van der Waals surface area (Å²) in [5.41, 5.74) is 0. The largest absolute Gasteiger partial charge is 0.342 e. The van der Waals surface area contributed by atoms with E-state index in [4.69, 9.17) is 0 Å². The lowest BCUT2D eigenvalue weighted by molar-refractivity contribution is -0.138. The standard InChI is InChI=1S/C21H35N5O3S/c1-2-23-16-20(22-17-23)30(28,29)26-12-6-7-18(15-26)21(27)25-13-8-19(9-14-25)24-10-4-3-5-11-24/h16-19H,2-15H2,1H3/t18-/m0/s1. The first-order valence-corrected chi connectivity index (χ1v) is 13.0. The van der Waals surface area contributed by atoms with Crippen LogP contribution in [0.3, 0.4) is 0 Å². The Hall–Kier alpha value is -1.45. The van der Waals surface area contributed by atoms with Crippen molar-refractivity contribution < 1.29 is 13.2 Å². The first-order valence-electron chi connectivity index (χ1n) is 11.5. The highest BCUT2D eigenvalue weighted by molar-refractivity contribution is 7.89. The van der Waals surface area contributed by atoms with Gasteiger partial charge < -0.3 is 14.4 Å². The Morgan fingerprint density at radius 2 is 1.77 bits per heavy atom. The average molecular weight is 438 g/mol. The van der Waals surface area contributed by atoms with Gasteiger partial charge in [-0.2, -0.15) is 4.31 Å². The molecule has 9 heteroatoms. The minimum Gasteiger partial charge on any atom is -0.342 e. The van der Waals surface area contributed by atoms with E-state index in [1.165, 1.54) is 36.7 Å². The van der Waals surface area contributed by atoms with Gasteiger partial charge in [-0.15, -0.1) is 0 Å². The van der Waals surface area contributed by atoms with Crippen LogP contribution >= 0.6 is 0 Å². The van der Waals surface area contributed by atoms with Crippen LogP contribution in [0.25, 0.3) is 0 Å². The number of sulfonamides is 1. The molecule has 0 saturated carbocycles. The number of hydrogen-bond acceptors (Lipinski definition) is 5. The number of aromatic nitrogens is 2. The maximum absolute atomic E-state index is 13.2. The predicted molar refractivity (Wildman–Crippen MR) is 114 cm³/mol. The number of imidazole rings is 1. The van der Waals surface area contributed by atoms with Crippen molar-refractivity contribution in [1.82, 2.24) is 23.7 Å². The first kappa shape index (κ1) is 21.8.